The maximum atomic E-state index is 13.3. The van der Waals surface area contributed by atoms with Crippen molar-refractivity contribution in [2.75, 3.05) is 39.3 Å². The van der Waals surface area contributed by atoms with Gasteiger partial charge in [0.15, 0.2) is 0 Å². The van der Waals surface area contributed by atoms with Crippen LogP contribution in [0.4, 0.5) is 0 Å². The minimum absolute atomic E-state index is 0.0884. The van der Waals surface area contributed by atoms with Crippen LogP contribution in [0.5, 0.6) is 0 Å². The molecule has 4 aliphatic heterocycles. The van der Waals surface area contributed by atoms with Crippen LogP contribution in [-0.2, 0) is 27.5 Å². The van der Waals surface area contributed by atoms with Gasteiger partial charge in [0.05, 0.1) is 0 Å². The van der Waals surface area contributed by atoms with Gasteiger partial charge >= 0.3 is 0 Å². The lowest BCUT2D eigenvalue weighted by Crippen LogP contribution is -2.52. The summed E-state index contributed by atoms with van der Waals surface area (Å²) in [5.74, 6) is -0.415. The van der Waals surface area contributed by atoms with Gasteiger partial charge in [0.2, 0.25) is 17.7 Å². The van der Waals surface area contributed by atoms with E-state index in [1.54, 1.807) is 4.90 Å². The average molecular weight is 454 g/mol. The summed E-state index contributed by atoms with van der Waals surface area (Å²) in [7, 11) is 0. The molecule has 1 aromatic carbocycles. The molecular formula is C24H31N5O4. The average Bonchev–Trinajstić information content (AvgIpc) is 3.17. The third kappa shape index (κ3) is 4.39. The first-order valence-corrected chi connectivity index (χ1v) is 12.0. The first kappa shape index (κ1) is 22.0. The smallest absolute Gasteiger partial charge is 0.255 e. The lowest BCUT2D eigenvalue weighted by atomic mass is 9.94. The van der Waals surface area contributed by atoms with E-state index >= 15 is 0 Å². The number of hydrogen-bond donors (Lipinski definition) is 2. The maximum absolute atomic E-state index is 13.3. The molecule has 9 nitrogen and oxygen atoms in total. The third-order valence-electron chi connectivity index (χ3n) is 7.40. The number of hydrogen-bond acceptors (Lipinski definition) is 6. The van der Waals surface area contributed by atoms with Gasteiger partial charge in [-0.3, -0.25) is 29.4 Å². The van der Waals surface area contributed by atoms with Crippen LogP contribution in [0.3, 0.4) is 0 Å². The Morgan fingerprint density at radius 1 is 1.00 bits per heavy atom. The van der Waals surface area contributed by atoms with E-state index in [1.807, 2.05) is 23.1 Å². The molecule has 1 atom stereocenters. The van der Waals surface area contributed by atoms with E-state index in [4.69, 9.17) is 0 Å². The summed E-state index contributed by atoms with van der Waals surface area (Å²) in [4.78, 5) is 55.8. The number of carbonyl (C=O) groups is 4. The van der Waals surface area contributed by atoms with Crippen molar-refractivity contribution in [2.45, 2.75) is 44.8 Å². The SMILES string of the molecule is O=C1CCC(N2Cc3cccc(CN4CCC(C(=O)N5CCNCC5)CC4)c3C2=O)C(=O)N1. The molecule has 5 rings (SSSR count). The van der Waals surface area contributed by atoms with Crippen LogP contribution >= 0.6 is 0 Å². The van der Waals surface area contributed by atoms with Crippen LogP contribution in [0.1, 0.15) is 47.2 Å². The molecule has 1 unspecified atom stereocenters. The number of amides is 4. The second-order valence-corrected chi connectivity index (χ2v) is 9.48. The highest BCUT2D eigenvalue weighted by Crippen LogP contribution is 2.31. The minimum atomic E-state index is -0.595. The molecule has 2 N–H and O–H groups in total. The molecule has 0 aliphatic carbocycles. The maximum Gasteiger partial charge on any atom is 0.255 e. The molecule has 4 heterocycles. The van der Waals surface area contributed by atoms with Crippen LogP contribution in [0, 0.1) is 5.92 Å². The lowest BCUT2D eigenvalue weighted by molar-refractivity contribution is -0.138. The number of benzene rings is 1. The molecule has 0 bridgehead atoms. The Morgan fingerprint density at radius 3 is 2.48 bits per heavy atom. The fourth-order valence-corrected chi connectivity index (χ4v) is 5.54. The molecule has 3 saturated heterocycles. The van der Waals surface area contributed by atoms with E-state index < -0.39 is 6.04 Å². The van der Waals surface area contributed by atoms with Crippen molar-refractivity contribution in [1.82, 2.24) is 25.3 Å². The molecule has 0 saturated carbocycles. The van der Waals surface area contributed by atoms with Crippen LogP contribution < -0.4 is 10.6 Å². The number of piperazine rings is 1. The number of carbonyl (C=O) groups excluding carboxylic acids is 4. The third-order valence-corrected chi connectivity index (χ3v) is 7.40. The van der Waals surface area contributed by atoms with E-state index in [0.29, 0.717) is 25.1 Å². The zero-order valence-electron chi connectivity index (χ0n) is 18.8. The Bertz CT molecular complexity index is 966. The monoisotopic (exact) mass is 453 g/mol. The standard InChI is InChI=1S/C24H31N5O4/c30-20-5-4-19(22(31)26-20)29-15-18-3-1-2-17(21(18)24(29)33)14-27-10-6-16(7-11-27)23(32)28-12-8-25-9-13-28/h1-3,16,19,25H,4-15H2,(H,26,30,31). The van der Waals surface area contributed by atoms with E-state index in [9.17, 15) is 19.2 Å². The summed E-state index contributed by atoms with van der Waals surface area (Å²) in [5, 5.41) is 5.65. The minimum Gasteiger partial charge on any atom is -0.340 e. The number of fused-ring (bicyclic) bond motifs is 1. The van der Waals surface area contributed by atoms with Crippen molar-refractivity contribution < 1.29 is 19.2 Å². The van der Waals surface area contributed by atoms with Crippen LogP contribution in [-0.4, -0.2) is 83.6 Å². The van der Waals surface area contributed by atoms with Gasteiger partial charge in [0.1, 0.15) is 6.04 Å². The molecule has 4 aliphatic rings. The van der Waals surface area contributed by atoms with Gasteiger partial charge in [-0.05, 0) is 43.5 Å². The van der Waals surface area contributed by atoms with E-state index in [-0.39, 0.29) is 36.0 Å². The van der Waals surface area contributed by atoms with Gasteiger partial charge in [-0.15, -0.1) is 0 Å². The number of piperidine rings is 2. The predicted octanol–water partition coefficient (Wildman–Crippen LogP) is 0.0914. The fraction of sp³-hybridized carbons (Fsp3) is 0.583. The first-order valence-electron chi connectivity index (χ1n) is 12.0. The van der Waals surface area contributed by atoms with E-state index in [1.165, 1.54) is 0 Å². The summed E-state index contributed by atoms with van der Waals surface area (Å²) >= 11 is 0. The molecule has 0 aromatic heterocycles. The zero-order valence-corrected chi connectivity index (χ0v) is 18.8. The first-order chi connectivity index (χ1) is 16.0. The predicted molar refractivity (Wildman–Crippen MR) is 120 cm³/mol. The van der Waals surface area contributed by atoms with Gasteiger partial charge < -0.3 is 15.1 Å². The van der Waals surface area contributed by atoms with Crippen LogP contribution in [0.25, 0.3) is 0 Å². The summed E-state index contributed by atoms with van der Waals surface area (Å²) in [6.45, 7) is 6.04. The number of rotatable bonds is 4. The van der Waals surface area contributed by atoms with Crippen molar-refractivity contribution in [2.24, 2.45) is 5.92 Å². The number of likely N-dealkylation sites (tertiary alicyclic amines) is 1. The van der Waals surface area contributed by atoms with E-state index in [0.717, 1.165) is 63.2 Å². The lowest BCUT2D eigenvalue weighted by Gasteiger charge is -2.36. The Morgan fingerprint density at radius 2 is 1.76 bits per heavy atom. The molecule has 1 aromatic rings. The largest absolute Gasteiger partial charge is 0.340 e. The molecule has 0 spiro atoms. The van der Waals surface area contributed by atoms with Gasteiger partial charge in [-0.2, -0.15) is 0 Å². The van der Waals surface area contributed by atoms with E-state index in [2.05, 4.69) is 15.5 Å². The Kier molecular flexibility index (Phi) is 6.16. The molecule has 3 fully saturated rings. The topological polar surface area (TPSA) is 102 Å². The van der Waals surface area contributed by atoms with Crippen molar-refractivity contribution in [3.8, 4) is 0 Å². The Hall–Kier alpha value is -2.78. The molecule has 33 heavy (non-hydrogen) atoms. The highest BCUT2D eigenvalue weighted by atomic mass is 16.2. The number of imide groups is 1. The van der Waals surface area contributed by atoms with Crippen molar-refractivity contribution in [1.29, 1.82) is 0 Å². The quantitative estimate of drug-likeness (QED) is 0.627. The van der Waals surface area contributed by atoms with Gasteiger partial charge in [-0.25, -0.2) is 0 Å². The van der Waals surface area contributed by atoms with Crippen molar-refractivity contribution >= 4 is 23.6 Å². The zero-order chi connectivity index (χ0) is 22.9. The van der Waals surface area contributed by atoms with Gasteiger partial charge in [-0.1, -0.05) is 18.2 Å². The highest BCUT2D eigenvalue weighted by molar-refractivity contribution is 6.06. The Balaban J connectivity index is 1.22. The molecule has 4 amide bonds. The fourth-order valence-electron chi connectivity index (χ4n) is 5.54. The second-order valence-electron chi connectivity index (χ2n) is 9.48. The summed E-state index contributed by atoms with van der Waals surface area (Å²) in [6.07, 6.45) is 2.31. The molecule has 9 heteroatoms. The van der Waals surface area contributed by atoms with Crippen molar-refractivity contribution in [3.63, 3.8) is 0 Å². The molecule has 176 valence electrons. The Labute approximate surface area is 193 Å². The number of nitrogens with zero attached hydrogens (tertiary/aromatic N) is 3. The van der Waals surface area contributed by atoms with Gasteiger partial charge in [0.25, 0.3) is 5.91 Å². The second kappa shape index (κ2) is 9.23. The summed E-state index contributed by atoms with van der Waals surface area (Å²) < 4.78 is 0. The van der Waals surface area contributed by atoms with Crippen LogP contribution in [0.15, 0.2) is 18.2 Å². The summed E-state index contributed by atoms with van der Waals surface area (Å²) in [5.41, 5.74) is 2.60. The molecule has 0 radical (unpaired) electrons. The highest BCUT2D eigenvalue weighted by Gasteiger charge is 2.40. The number of nitrogens with one attached hydrogen (secondary N) is 2. The molecular weight excluding hydrogens is 422 g/mol. The summed E-state index contributed by atoms with van der Waals surface area (Å²) in [6, 6.07) is 5.31. The van der Waals surface area contributed by atoms with Crippen molar-refractivity contribution in [3.05, 3.63) is 34.9 Å². The van der Waals surface area contributed by atoms with Gasteiger partial charge in [0, 0.05) is 57.2 Å². The normalized spacial score (nSPS) is 24.7. The van der Waals surface area contributed by atoms with Crippen LogP contribution in [0.2, 0.25) is 0 Å².